The highest BCUT2D eigenvalue weighted by atomic mass is 16.4. The fourth-order valence-electron chi connectivity index (χ4n) is 2.17. The average Bonchev–Trinajstić information content (AvgIpc) is 2.35. The topological polar surface area (TPSA) is 91.7 Å². The summed E-state index contributed by atoms with van der Waals surface area (Å²) in [5.41, 5.74) is -0.792. The van der Waals surface area contributed by atoms with E-state index in [2.05, 4.69) is 0 Å². The Balaban J connectivity index is 3.35. The molecule has 0 aliphatic carbocycles. The molecule has 0 saturated carbocycles. The average molecular weight is 278 g/mol. The molecule has 0 amide bonds. The molecule has 20 heavy (non-hydrogen) atoms. The fourth-order valence-corrected chi connectivity index (χ4v) is 2.17. The first-order valence-corrected chi connectivity index (χ1v) is 6.28. The maximum atomic E-state index is 12.6. The second-order valence-corrected chi connectivity index (χ2v) is 5.20. The molecule has 1 atom stereocenters. The van der Waals surface area contributed by atoms with Gasteiger partial charge in [0.1, 0.15) is 5.41 Å². The number of rotatable bonds is 6. The Bertz CT molecular complexity index is 530. The molecule has 1 aromatic carbocycles. The summed E-state index contributed by atoms with van der Waals surface area (Å²) in [5, 5.41) is 18.4. The van der Waals surface area contributed by atoms with Crippen molar-refractivity contribution in [1.29, 1.82) is 0 Å². The second-order valence-electron chi connectivity index (χ2n) is 5.20. The molecular formula is C15H18O5. The van der Waals surface area contributed by atoms with Crippen molar-refractivity contribution in [2.75, 3.05) is 0 Å². The van der Waals surface area contributed by atoms with Gasteiger partial charge in [-0.15, -0.1) is 0 Å². The zero-order chi connectivity index (χ0) is 15.5. The minimum absolute atomic E-state index is 0.216. The molecule has 108 valence electrons. The Labute approximate surface area is 117 Å². The number of hydrogen-bond donors (Lipinski definition) is 2. The molecule has 1 unspecified atom stereocenters. The van der Waals surface area contributed by atoms with Crippen molar-refractivity contribution in [2.45, 2.75) is 27.2 Å². The number of carboxylic acid groups (broad SMARTS) is 2. The lowest BCUT2D eigenvalue weighted by atomic mass is 9.69. The highest BCUT2D eigenvalue weighted by Gasteiger charge is 2.50. The number of hydrogen-bond acceptors (Lipinski definition) is 3. The smallest absolute Gasteiger partial charge is 0.318 e. The Morgan fingerprint density at radius 2 is 1.60 bits per heavy atom. The number of Topliss-reactive ketones (excluding diaryl/α,β-unsaturated/α-hetero) is 1. The van der Waals surface area contributed by atoms with Crippen LogP contribution in [0, 0.1) is 18.3 Å². The van der Waals surface area contributed by atoms with E-state index in [1.54, 1.807) is 26.0 Å². The number of aryl methyl sites for hydroxylation is 1. The van der Waals surface area contributed by atoms with E-state index >= 15 is 0 Å². The van der Waals surface area contributed by atoms with Crippen LogP contribution in [0.3, 0.4) is 0 Å². The van der Waals surface area contributed by atoms with Gasteiger partial charge in [-0.2, -0.15) is 0 Å². The van der Waals surface area contributed by atoms with Crippen molar-refractivity contribution in [3.63, 3.8) is 0 Å². The van der Waals surface area contributed by atoms with Crippen LogP contribution in [0.25, 0.3) is 0 Å². The summed E-state index contributed by atoms with van der Waals surface area (Å²) < 4.78 is 0. The summed E-state index contributed by atoms with van der Waals surface area (Å²) >= 11 is 0. The predicted molar refractivity (Wildman–Crippen MR) is 72.7 cm³/mol. The minimum Gasteiger partial charge on any atom is -0.481 e. The number of benzene rings is 1. The highest BCUT2D eigenvalue weighted by Crippen LogP contribution is 2.36. The predicted octanol–water partition coefficient (Wildman–Crippen LogP) is 2.38. The van der Waals surface area contributed by atoms with E-state index in [4.69, 9.17) is 5.11 Å². The fraction of sp³-hybridized carbons (Fsp3) is 0.400. The maximum Gasteiger partial charge on any atom is 0.318 e. The second kappa shape index (κ2) is 5.86. The largest absolute Gasteiger partial charge is 0.481 e. The summed E-state index contributed by atoms with van der Waals surface area (Å²) in [6, 6.07) is 6.45. The lowest BCUT2D eigenvalue weighted by Crippen LogP contribution is -2.45. The number of ketones is 1. The van der Waals surface area contributed by atoms with Crippen LogP contribution in [0.15, 0.2) is 24.3 Å². The van der Waals surface area contributed by atoms with Gasteiger partial charge in [0.25, 0.3) is 0 Å². The number of carboxylic acids is 2. The molecule has 1 rings (SSSR count). The van der Waals surface area contributed by atoms with Gasteiger partial charge in [0.05, 0.1) is 6.42 Å². The summed E-state index contributed by atoms with van der Waals surface area (Å²) in [4.78, 5) is 35.1. The molecule has 0 spiro atoms. The van der Waals surface area contributed by atoms with E-state index in [-0.39, 0.29) is 5.56 Å². The van der Waals surface area contributed by atoms with Crippen LogP contribution < -0.4 is 0 Å². The Morgan fingerprint density at radius 3 is 1.95 bits per heavy atom. The van der Waals surface area contributed by atoms with E-state index in [0.29, 0.717) is 0 Å². The van der Waals surface area contributed by atoms with Gasteiger partial charge in [-0.3, -0.25) is 14.4 Å². The van der Waals surface area contributed by atoms with Gasteiger partial charge in [0.15, 0.2) is 5.78 Å². The molecule has 1 aromatic rings. The van der Waals surface area contributed by atoms with Gasteiger partial charge in [-0.25, -0.2) is 0 Å². The van der Waals surface area contributed by atoms with E-state index < -0.39 is 35.5 Å². The molecule has 0 radical (unpaired) electrons. The number of aliphatic carboxylic acids is 2. The molecule has 0 aliphatic rings. The van der Waals surface area contributed by atoms with E-state index in [1.807, 2.05) is 6.92 Å². The standard InChI is InChI=1S/C15H18O5/c1-9(2)15(14(19)20,8-12(16)17)13(18)11-6-4-10(3)5-7-11/h4-7,9H,8H2,1-3H3,(H,16,17)(H,19,20). The van der Waals surface area contributed by atoms with Gasteiger partial charge in [0, 0.05) is 5.56 Å². The molecular weight excluding hydrogens is 260 g/mol. The number of carbonyl (C=O) groups excluding carboxylic acids is 1. The molecule has 5 nitrogen and oxygen atoms in total. The van der Waals surface area contributed by atoms with Crippen LogP contribution in [-0.4, -0.2) is 27.9 Å². The van der Waals surface area contributed by atoms with Crippen molar-refractivity contribution in [2.24, 2.45) is 11.3 Å². The lowest BCUT2D eigenvalue weighted by Gasteiger charge is -2.30. The van der Waals surface area contributed by atoms with Crippen molar-refractivity contribution < 1.29 is 24.6 Å². The first kappa shape index (κ1) is 15.9. The normalized spacial score (nSPS) is 13.8. The molecule has 0 aliphatic heterocycles. The van der Waals surface area contributed by atoms with Crippen LogP contribution in [0.5, 0.6) is 0 Å². The SMILES string of the molecule is Cc1ccc(C(=O)C(CC(=O)O)(C(=O)O)C(C)C)cc1. The number of carbonyl (C=O) groups is 3. The zero-order valence-corrected chi connectivity index (χ0v) is 11.7. The van der Waals surface area contributed by atoms with Crippen molar-refractivity contribution in [3.8, 4) is 0 Å². The van der Waals surface area contributed by atoms with E-state index in [0.717, 1.165) is 5.56 Å². The Hall–Kier alpha value is -2.17. The first-order valence-electron chi connectivity index (χ1n) is 6.28. The van der Waals surface area contributed by atoms with Gasteiger partial charge in [0.2, 0.25) is 0 Å². The van der Waals surface area contributed by atoms with Crippen molar-refractivity contribution in [1.82, 2.24) is 0 Å². The van der Waals surface area contributed by atoms with Gasteiger partial charge >= 0.3 is 11.9 Å². The zero-order valence-electron chi connectivity index (χ0n) is 11.7. The van der Waals surface area contributed by atoms with Crippen LogP contribution >= 0.6 is 0 Å². The third-order valence-electron chi connectivity index (χ3n) is 3.52. The molecule has 5 heteroatoms. The molecule has 0 aromatic heterocycles. The lowest BCUT2D eigenvalue weighted by molar-refractivity contribution is -0.155. The summed E-state index contributed by atoms with van der Waals surface area (Å²) in [5.74, 6) is -4.01. The first-order chi connectivity index (χ1) is 9.21. The quantitative estimate of drug-likeness (QED) is 0.615. The molecule has 0 saturated heterocycles. The third-order valence-corrected chi connectivity index (χ3v) is 3.52. The summed E-state index contributed by atoms with van der Waals surface area (Å²) in [6.45, 7) is 4.94. The van der Waals surface area contributed by atoms with Crippen molar-refractivity contribution >= 4 is 17.7 Å². The molecule has 0 fully saturated rings. The van der Waals surface area contributed by atoms with Crippen LogP contribution in [-0.2, 0) is 9.59 Å². The van der Waals surface area contributed by atoms with Crippen molar-refractivity contribution in [3.05, 3.63) is 35.4 Å². The Kier molecular flexibility index (Phi) is 4.65. The van der Waals surface area contributed by atoms with Gasteiger partial charge < -0.3 is 10.2 Å². The van der Waals surface area contributed by atoms with E-state index in [9.17, 15) is 19.5 Å². The van der Waals surface area contributed by atoms with Crippen LogP contribution in [0.4, 0.5) is 0 Å². The van der Waals surface area contributed by atoms with Crippen LogP contribution in [0.1, 0.15) is 36.2 Å². The highest BCUT2D eigenvalue weighted by molar-refractivity contribution is 6.13. The molecule has 0 bridgehead atoms. The van der Waals surface area contributed by atoms with Gasteiger partial charge in [-0.05, 0) is 12.8 Å². The summed E-state index contributed by atoms with van der Waals surface area (Å²) in [7, 11) is 0. The van der Waals surface area contributed by atoms with Gasteiger partial charge in [-0.1, -0.05) is 43.7 Å². The van der Waals surface area contributed by atoms with Crippen LogP contribution in [0.2, 0.25) is 0 Å². The van der Waals surface area contributed by atoms with E-state index in [1.165, 1.54) is 12.1 Å². The molecule has 2 N–H and O–H groups in total. The monoisotopic (exact) mass is 278 g/mol. The maximum absolute atomic E-state index is 12.6. The minimum atomic E-state index is -1.94. The third kappa shape index (κ3) is 2.87. The summed E-state index contributed by atoms with van der Waals surface area (Å²) in [6.07, 6.45) is -0.729. The molecule has 0 heterocycles. The Morgan fingerprint density at radius 1 is 1.10 bits per heavy atom.